The summed E-state index contributed by atoms with van der Waals surface area (Å²) in [7, 11) is 1.58. The summed E-state index contributed by atoms with van der Waals surface area (Å²) >= 11 is -1.23. The average molecular weight is 227 g/mol. The molecule has 4 nitrogen and oxygen atoms in total. The summed E-state index contributed by atoms with van der Waals surface area (Å²) in [5, 5.41) is 0. The summed E-state index contributed by atoms with van der Waals surface area (Å²) in [6, 6.07) is 7.21. The van der Waals surface area contributed by atoms with E-state index in [4.69, 9.17) is 10.5 Å². The lowest BCUT2D eigenvalue weighted by Crippen LogP contribution is -2.24. The van der Waals surface area contributed by atoms with Crippen molar-refractivity contribution in [3.8, 4) is 5.75 Å². The molecule has 0 aromatic heterocycles. The Kier molecular flexibility index (Phi) is 4.45. The molecule has 82 valence electrons. The average Bonchev–Trinajstić information content (AvgIpc) is 2.17. The van der Waals surface area contributed by atoms with Gasteiger partial charge in [-0.05, 0) is 23.3 Å². The molecule has 0 fully saturated rings. The lowest BCUT2D eigenvalue weighted by atomic mass is 10.2. The van der Waals surface area contributed by atoms with Crippen LogP contribution in [0.5, 0.6) is 5.75 Å². The van der Waals surface area contributed by atoms with Crippen LogP contribution in [-0.2, 0) is 21.7 Å². The van der Waals surface area contributed by atoms with Crippen molar-refractivity contribution in [3.05, 3.63) is 29.8 Å². The van der Waals surface area contributed by atoms with Crippen LogP contribution in [0.25, 0.3) is 0 Å². The van der Waals surface area contributed by atoms with Crippen molar-refractivity contribution in [1.29, 1.82) is 0 Å². The Labute approximate surface area is 91.6 Å². The largest absolute Gasteiger partial charge is 0.616 e. The fourth-order valence-corrected chi connectivity index (χ4v) is 2.10. The van der Waals surface area contributed by atoms with Gasteiger partial charge in [-0.1, -0.05) is 12.1 Å². The molecule has 2 N–H and O–H groups in total. The zero-order chi connectivity index (χ0) is 11.3. The van der Waals surface area contributed by atoms with Crippen molar-refractivity contribution in [3.63, 3.8) is 0 Å². The van der Waals surface area contributed by atoms with Gasteiger partial charge >= 0.3 is 0 Å². The van der Waals surface area contributed by atoms with Crippen molar-refractivity contribution < 1.29 is 14.1 Å². The standard InChI is InChI=1S/C10H13NO3S/c1-14-9-4-2-8(3-5-9)6-15(13)7-10(11)12/h2-5H,6-7H2,1H3,(H2,11,12). The molecule has 5 heteroatoms. The molecule has 1 aromatic carbocycles. The van der Waals surface area contributed by atoms with Gasteiger partial charge in [0.25, 0.3) is 5.91 Å². The Morgan fingerprint density at radius 3 is 2.53 bits per heavy atom. The predicted octanol–water partition coefficient (Wildman–Crippen LogP) is 0.429. The normalized spacial score (nSPS) is 12.1. The van der Waals surface area contributed by atoms with Crippen molar-refractivity contribution in [2.45, 2.75) is 5.75 Å². The molecule has 1 aromatic rings. The maximum Gasteiger partial charge on any atom is 0.267 e. The van der Waals surface area contributed by atoms with Crippen LogP contribution in [0.4, 0.5) is 0 Å². The van der Waals surface area contributed by atoms with E-state index >= 15 is 0 Å². The summed E-state index contributed by atoms with van der Waals surface area (Å²) in [5.74, 6) is 0.458. The van der Waals surface area contributed by atoms with Crippen molar-refractivity contribution in [1.82, 2.24) is 0 Å². The van der Waals surface area contributed by atoms with E-state index in [2.05, 4.69) is 0 Å². The third-order valence-corrected chi connectivity index (χ3v) is 3.05. The molecule has 0 aliphatic carbocycles. The summed E-state index contributed by atoms with van der Waals surface area (Å²) in [6.45, 7) is 0. The van der Waals surface area contributed by atoms with Crippen LogP contribution in [-0.4, -0.2) is 23.3 Å². The van der Waals surface area contributed by atoms with E-state index in [1.165, 1.54) is 0 Å². The molecule has 0 bridgehead atoms. The highest BCUT2D eigenvalue weighted by molar-refractivity contribution is 7.91. The van der Waals surface area contributed by atoms with Gasteiger partial charge in [-0.15, -0.1) is 0 Å². The number of benzene rings is 1. The first-order chi connectivity index (χ1) is 7.11. The lowest BCUT2D eigenvalue weighted by molar-refractivity contribution is -0.115. The number of nitrogens with two attached hydrogens (primary N) is 1. The van der Waals surface area contributed by atoms with E-state index in [0.29, 0.717) is 5.75 Å². The smallest absolute Gasteiger partial charge is 0.267 e. The van der Waals surface area contributed by atoms with Gasteiger partial charge in [0.1, 0.15) is 11.5 Å². The van der Waals surface area contributed by atoms with E-state index in [1.54, 1.807) is 19.2 Å². The fourth-order valence-electron chi connectivity index (χ4n) is 1.12. The quantitative estimate of drug-likeness (QED) is 0.741. The number of methoxy groups -OCH3 is 1. The molecule has 0 aliphatic rings. The van der Waals surface area contributed by atoms with Crippen molar-refractivity contribution in [2.24, 2.45) is 5.73 Å². The number of hydrogen-bond donors (Lipinski definition) is 1. The summed E-state index contributed by atoms with van der Waals surface area (Å²) < 4.78 is 16.3. The zero-order valence-corrected chi connectivity index (χ0v) is 9.25. The number of amides is 1. The van der Waals surface area contributed by atoms with Gasteiger partial charge in [0.15, 0.2) is 5.75 Å². The van der Waals surface area contributed by atoms with Crippen LogP contribution in [0, 0.1) is 0 Å². The Morgan fingerprint density at radius 2 is 2.07 bits per heavy atom. The molecule has 0 heterocycles. The maximum atomic E-state index is 11.4. The number of ether oxygens (including phenoxy) is 1. The molecule has 0 aliphatic heterocycles. The molecule has 1 rings (SSSR count). The van der Waals surface area contributed by atoms with Crippen LogP contribution in [0.1, 0.15) is 5.56 Å². The van der Waals surface area contributed by atoms with Crippen LogP contribution >= 0.6 is 0 Å². The SMILES string of the molecule is COc1ccc(C[S+]([O-])CC(N)=O)cc1. The van der Waals surface area contributed by atoms with Crippen LogP contribution < -0.4 is 10.5 Å². The zero-order valence-electron chi connectivity index (χ0n) is 8.43. The second kappa shape index (κ2) is 5.63. The van der Waals surface area contributed by atoms with Gasteiger partial charge in [0.2, 0.25) is 0 Å². The van der Waals surface area contributed by atoms with E-state index in [9.17, 15) is 9.35 Å². The Bertz CT molecular complexity index is 326. The van der Waals surface area contributed by atoms with E-state index in [1.807, 2.05) is 12.1 Å². The molecule has 1 atom stereocenters. The number of rotatable bonds is 5. The number of primary amides is 1. The minimum atomic E-state index is -1.23. The van der Waals surface area contributed by atoms with E-state index < -0.39 is 17.1 Å². The topological polar surface area (TPSA) is 75.4 Å². The third kappa shape index (κ3) is 4.22. The molecule has 0 radical (unpaired) electrons. The summed E-state index contributed by atoms with van der Waals surface area (Å²) in [4.78, 5) is 10.5. The van der Waals surface area contributed by atoms with Gasteiger partial charge < -0.3 is 15.0 Å². The van der Waals surface area contributed by atoms with Crippen molar-refractivity contribution >= 4 is 17.1 Å². The summed E-state index contributed by atoms with van der Waals surface area (Å²) in [5.41, 5.74) is 5.84. The molecule has 1 unspecified atom stereocenters. The molecular weight excluding hydrogens is 214 g/mol. The van der Waals surface area contributed by atoms with Gasteiger partial charge in [-0.25, -0.2) is 0 Å². The van der Waals surface area contributed by atoms with Crippen molar-refractivity contribution in [2.75, 3.05) is 12.9 Å². The molecular formula is C10H13NO3S. The monoisotopic (exact) mass is 227 g/mol. The highest BCUT2D eigenvalue weighted by Crippen LogP contribution is 2.13. The molecule has 1 amide bonds. The number of hydrogen-bond acceptors (Lipinski definition) is 3. The summed E-state index contributed by atoms with van der Waals surface area (Å²) in [6.07, 6.45) is 0. The van der Waals surface area contributed by atoms with E-state index in [-0.39, 0.29) is 5.75 Å². The van der Waals surface area contributed by atoms with Gasteiger partial charge in [0, 0.05) is 5.56 Å². The molecule has 15 heavy (non-hydrogen) atoms. The molecule has 0 spiro atoms. The van der Waals surface area contributed by atoms with Crippen LogP contribution in [0.3, 0.4) is 0 Å². The highest BCUT2D eigenvalue weighted by atomic mass is 32.2. The molecule has 0 saturated carbocycles. The second-order valence-electron chi connectivity index (χ2n) is 3.04. The first-order valence-electron chi connectivity index (χ1n) is 4.38. The number of carbonyl (C=O) groups excluding carboxylic acids is 1. The first-order valence-corrected chi connectivity index (χ1v) is 5.87. The number of carbonyl (C=O) groups is 1. The minimum absolute atomic E-state index is 0.0912. The fraction of sp³-hybridized carbons (Fsp3) is 0.300. The first kappa shape index (κ1) is 11.9. The predicted molar refractivity (Wildman–Crippen MR) is 58.9 cm³/mol. The third-order valence-electron chi connectivity index (χ3n) is 1.79. The maximum absolute atomic E-state index is 11.4. The Morgan fingerprint density at radius 1 is 1.47 bits per heavy atom. The van der Waals surface area contributed by atoms with Gasteiger partial charge in [-0.3, -0.25) is 4.79 Å². The van der Waals surface area contributed by atoms with E-state index in [0.717, 1.165) is 11.3 Å². The Hall–Kier alpha value is -1.20. The van der Waals surface area contributed by atoms with Gasteiger partial charge in [0.05, 0.1) is 7.11 Å². The van der Waals surface area contributed by atoms with Gasteiger partial charge in [-0.2, -0.15) is 0 Å². The minimum Gasteiger partial charge on any atom is -0.616 e. The highest BCUT2D eigenvalue weighted by Gasteiger charge is 2.10. The van der Waals surface area contributed by atoms with Crippen LogP contribution in [0.2, 0.25) is 0 Å². The molecule has 0 saturated heterocycles. The van der Waals surface area contributed by atoms with Crippen LogP contribution in [0.15, 0.2) is 24.3 Å². The Balaban J connectivity index is 2.53. The second-order valence-corrected chi connectivity index (χ2v) is 4.50. The lowest BCUT2D eigenvalue weighted by Gasteiger charge is -2.09.